The topological polar surface area (TPSA) is 71.5 Å². The second kappa shape index (κ2) is 7.51. The van der Waals surface area contributed by atoms with Gasteiger partial charge in [0.25, 0.3) is 5.91 Å². The molecule has 0 aliphatic carbocycles. The molecule has 0 aromatic carbocycles. The van der Waals surface area contributed by atoms with Gasteiger partial charge in [-0.2, -0.15) is 4.37 Å². The molecule has 1 unspecified atom stereocenters. The van der Waals surface area contributed by atoms with Gasteiger partial charge in [-0.05, 0) is 64.6 Å². The lowest BCUT2D eigenvalue weighted by Crippen LogP contribution is -2.52. The van der Waals surface area contributed by atoms with Crippen molar-refractivity contribution in [2.24, 2.45) is 0 Å². The predicted molar refractivity (Wildman–Crippen MR) is 94.4 cm³/mol. The van der Waals surface area contributed by atoms with Gasteiger partial charge in [-0.15, -0.1) is 0 Å². The number of nitrogens with zero attached hydrogens (tertiary/aromatic N) is 2. The van der Waals surface area contributed by atoms with Crippen LogP contribution in [0.15, 0.2) is 6.07 Å². The fraction of sp³-hybridized carbons (Fsp3) is 0.706. The summed E-state index contributed by atoms with van der Waals surface area (Å²) in [6, 6.07) is 1.93. The maximum Gasteiger partial charge on any atom is 0.410 e. The molecule has 7 heteroatoms. The molecule has 1 saturated heterocycles. The number of carbonyl (C=O) groups excluding carboxylic acids is 2. The van der Waals surface area contributed by atoms with Crippen LogP contribution in [0.1, 0.15) is 62.8 Å². The van der Waals surface area contributed by atoms with Crippen molar-refractivity contribution < 1.29 is 14.3 Å². The fourth-order valence-electron chi connectivity index (χ4n) is 2.74. The van der Waals surface area contributed by atoms with Crippen LogP contribution in [-0.2, 0) is 11.2 Å². The number of piperidine rings is 1. The van der Waals surface area contributed by atoms with Crippen molar-refractivity contribution in [3.63, 3.8) is 0 Å². The summed E-state index contributed by atoms with van der Waals surface area (Å²) in [7, 11) is 0. The van der Waals surface area contributed by atoms with Crippen LogP contribution in [0.3, 0.4) is 0 Å². The molecule has 2 atom stereocenters. The zero-order chi connectivity index (χ0) is 17.9. The van der Waals surface area contributed by atoms with Gasteiger partial charge in [-0.25, -0.2) is 4.79 Å². The average molecular weight is 353 g/mol. The third kappa shape index (κ3) is 4.93. The molecule has 1 aromatic heterocycles. The monoisotopic (exact) mass is 353 g/mol. The summed E-state index contributed by atoms with van der Waals surface area (Å²) in [4.78, 5) is 27.3. The molecular weight excluding hydrogens is 326 g/mol. The highest BCUT2D eigenvalue weighted by Crippen LogP contribution is 2.21. The molecule has 0 saturated carbocycles. The zero-order valence-corrected chi connectivity index (χ0v) is 15.9. The molecule has 0 bridgehead atoms. The van der Waals surface area contributed by atoms with Gasteiger partial charge in [0.2, 0.25) is 0 Å². The molecule has 24 heavy (non-hydrogen) atoms. The van der Waals surface area contributed by atoms with Crippen LogP contribution in [0.5, 0.6) is 0 Å². The van der Waals surface area contributed by atoms with Crippen LogP contribution < -0.4 is 5.32 Å². The first-order valence-electron chi connectivity index (χ1n) is 8.45. The Balaban J connectivity index is 1.88. The normalized spacial score (nSPS) is 21.5. The molecular formula is C17H27N3O3S. The second-order valence-electron chi connectivity index (χ2n) is 7.25. The summed E-state index contributed by atoms with van der Waals surface area (Å²) in [5.41, 5.74) is -0.0113. The summed E-state index contributed by atoms with van der Waals surface area (Å²) in [6.07, 6.45) is 2.04. The molecule has 134 valence electrons. The van der Waals surface area contributed by atoms with Gasteiger partial charge < -0.3 is 15.0 Å². The summed E-state index contributed by atoms with van der Waals surface area (Å²) >= 11 is 1.37. The minimum atomic E-state index is -0.497. The highest BCUT2D eigenvalue weighted by atomic mass is 32.1. The zero-order valence-electron chi connectivity index (χ0n) is 15.1. The number of carbonyl (C=O) groups is 2. The standard InChI is InChI=1S/C17H27N3O3S/c1-6-13-10-14(19-24-13)15(21)18-12-7-8-20(11(2)9-12)16(22)23-17(3,4)5/h10-12H,6-9H2,1-5H3,(H,18,21)/t11-,12?/m0/s1. The van der Waals surface area contributed by atoms with E-state index in [1.54, 1.807) is 4.90 Å². The van der Waals surface area contributed by atoms with Crippen molar-refractivity contribution >= 4 is 23.5 Å². The van der Waals surface area contributed by atoms with Crippen molar-refractivity contribution in [1.82, 2.24) is 14.6 Å². The Morgan fingerprint density at radius 1 is 1.46 bits per heavy atom. The average Bonchev–Trinajstić information content (AvgIpc) is 2.94. The Morgan fingerprint density at radius 3 is 2.71 bits per heavy atom. The minimum absolute atomic E-state index is 0.0283. The van der Waals surface area contributed by atoms with Crippen LogP contribution in [0.4, 0.5) is 4.79 Å². The number of hydrogen-bond acceptors (Lipinski definition) is 5. The largest absolute Gasteiger partial charge is 0.444 e. The van der Waals surface area contributed by atoms with Crippen LogP contribution in [0.25, 0.3) is 0 Å². The summed E-state index contributed by atoms with van der Waals surface area (Å²) in [5, 5.41) is 3.04. The number of hydrogen-bond donors (Lipinski definition) is 1. The highest BCUT2D eigenvalue weighted by molar-refractivity contribution is 7.05. The summed E-state index contributed by atoms with van der Waals surface area (Å²) in [6.45, 7) is 10.2. The first-order chi connectivity index (χ1) is 11.2. The van der Waals surface area contributed by atoms with Crippen LogP contribution in [0.2, 0.25) is 0 Å². The van der Waals surface area contributed by atoms with Crippen LogP contribution >= 0.6 is 11.5 Å². The lowest BCUT2D eigenvalue weighted by Gasteiger charge is -2.38. The molecule has 2 amide bonds. The molecule has 6 nitrogen and oxygen atoms in total. The Kier molecular flexibility index (Phi) is 5.85. The van der Waals surface area contributed by atoms with E-state index < -0.39 is 5.60 Å². The van der Waals surface area contributed by atoms with E-state index in [0.717, 1.165) is 24.1 Å². The molecule has 1 fully saturated rings. The Morgan fingerprint density at radius 2 is 2.17 bits per heavy atom. The number of ether oxygens (including phenoxy) is 1. The second-order valence-corrected chi connectivity index (χ2v) is 8.14. The lowest BCUT2D eigenvalue weighted by molar-refractivity contribution is 0.00960. The third-order valence-electron chi connectivity index (χ3n) is 3.98. The third-order valence-corrected chi connectivity index (χ3v) is 4.91. The van der Waals surface area contributed by atoms with E-state index in [2.05, 4.69) is 9.69 Å². The Labute approximate surface area is 147 Å². The number of rotatable bonds is 3. The van der Waals surface area contributed by atoms with Crippen molar-refractivity contribution in [3.05, 3.63) is 16.6 Å². The van der Waals surface area contributed by atoms with E-state index in [0.29, 0.717) is 12.2 Å². The van der Waals surface area contributed by atoms with Gasteiger partial charge in [0.05, 0.1) is 0 Å². The molecule has 1 aliphatic rings. The van der Waals surface area contributed by atoms with Gasteiger partial charge >= 0.3 is 6.09 Å². The smallest absolute Gasteiger partial charge is 0.410 e. The highest BCUT2D eigenvalue weighted by Gasteiger charge is 2.32. The number of amides is 2. The van der Waals surface area contributed by atoms with Crippen molar-refractivity contribution in [2.75, 3.05) is 6.54 Å². The molecule has 2 rings (SSSR count). The Bertz CT molecular complexity index is 594. The van der Waals surface area contributed by atoms with E-state index in [1.807, 2.05) is 40.7 Å². The van der Waals surface area contributed by atoms with E-state index in [-0.39, 0.29) is 24.1 Å². The minimum Gasteiger partial charge on any atom is -0.444 e. The van der Waals surface area contributed by atoms with Gasteiger partial charge in [-0.1, -0.05) is 6.92 Å². The lowest BCUT2D eigenvalue weighted by atomic mass is 9.98. The van der Waals surface area contributed by atoms with E-state index >= 15 is 0 Å². The van der Waals surface area contributed by atoms with E-state index in [1.165, 1.54) is 11.5 Å². The van der Waals surface area contributed by atoms with Crippen molar-refractivity contribution in [2.45, 2.75) is 71.6 Å². The van der Waals surface area contributed by atoms with E-state index in [4.69, 9.17) is 4.74 Å². The predicted octanol–water partition coefficient (Wildman–Crippen LogP) is 3.22. The first kappa shape index (κ1) is 18.7. The molecule has 1 N–H and O–H groups in total. The fourth-order valence-corrected chi connectivity index (χ4v) is 3.39. The van der Waals surface area contributed by atoms with Crippen molar-refractivity contribution in [3.8, 4) is 0 Å². The maximum atomic E-state index is 12.3. The molecule has 0 radical (unpaired) electrons. The number of aromatic nitrogens is 1. The maximum absolute atomic E-state index is 12.3. The van der Waals surface area contributed by atoms with E-state index in [9.17, 15) is 9.59 Å². The molecule has 0 spiro atoms. The Hall–Kier alpha value is -1.63. The summed E-state index contributed by atoms with van der Waals surface area (Å²) < 4.78 is 9.64. The van der Waals surface area contributed by atoms with Crippen molar-refractivity contribution in [1.29, 1.82) is 0 Å². The molecule has 1 aliphatic heterocycles. The SMILES string of the molecule is CCc1cc(C(=O)NC2CCN(C(=O)OC(C)(C)C)[C@@H](C)C2)ns1. The number of aryl methyl sites for hydroxylation is 1. The van der Waals surface area contributed by atoms with Gasteiger partial charge in [0.1, 0.15) is 11.3 Å². The number of nitrogens with one attached hydrogen (secondary N) is 1. The van der Waals surface area contributed by atoms with Crippen LogP contribution in [0, 0.1) is 0 Å². The quantitative estimate of drug-likeness (QED) is 0.906. The molecule has 2 heterocycles. The first-order valence-corrected chi connectivity index (χ1v) is 9.23. The van der Waals surface area contributed by atoms with Gasteiger partial charge in [0.15, 0.2) is 0 Å². The number of likely N-dealkylation sites (tertiary alicyclic amines) is 1. The summed E-state index contributed by atoms with van der Waals surface area (Å²) in [5.74, 6) is -0.131. The van der Waals surface area contributed by atoms with Gasteiger partial charge in [-0.3, -0.25) is 4.79 Å². The van der Waals surface area contributed by atoms with Gasteiger partial charge in [0, 0.05) is 23.5 Å². The molecule has 1 aromatic rings. The van der Waals surface area contributed by atoms with Crippen LogP contribution in [-0.4, -0.2) is 45.5 Å².